The van der Waals surface area contributed by atoms with Gasteiger partial charge in [0.2, 0.25) is 53.2 Å². The van der Waals surface area contributed by atoms with Crippen molar-refractivity contribution in [2.75, 3.05) is 13.7 Å². The number of methoxy groups -OCH3 is 1. The molecule has 0 spiro atoms. The first-order valence-electron chi connectivity index (χ1n) is 29.1. The van der Waals surface area contributed by atoms with Gasteiger partial charge in [-0.2, -0.15) is 0 Å². The van der Waals surface area contributed by atoms with Gasteiger partial charge < -0.3 is 62.6 Å². The summed E-state index contributed by atoms with van der Waals surface area (Å²) in [5.41, 5.74) is -4.35. The second-order valence-corrected chi connectivity index (χ2v) is 25.6. The maximum Gasteiger partial charge on any atom is 0.408 e. The van der Waals surface area contributed by atoms with Crippen LogP contribution in [-0.4, -0.2) is 143 Å². The molecule has 2 rings (SSSR count). The van der Waals surface area contributed by atoms with Gasteiger partial charge in [0.1, 0.15) is 58.5 Å². The lowest BCUT2D eigenvalue weighted by atomic mass is 9.94. The predicted octanol–water partition coefficient (Wildman–Crippen LogP) is 3.42. The first-order valence-corrected chi connectivity index (χ1v) is 29.1. The summed E-state index contributed by atoms with van der Waals surface area (Å²) in [6.45, 7) is 29.8. The van der Waals surface area contributed by atoms with Gasteiger partial charge in [-0.25, -0.2) is 9.59 Å². The van der Waals surface area contributed by atoms with Crippen molar-refractivity contribution in [2.24, 2.45) is 29.6 Å². The number of benzene rings is 2. The first kappa shape index (κ1) is 74.2. The third-order valence-electron chi connectivity index (χ3n) is 14.0. The van der Waals surface area contributed by atoms with Crippen molar-refractivity contribution in [3.8, 4) is 0 Å². The van der Waals surface area contributed by atoms with E-state index in [1.54, 1.807) is 145 Å². The summed E-state index contributed by atoms with van der Waals surface area (Å²) in [7, 11) is 1.17. The average molecular weight is 1210 g/mol. The summed E-state index contributed by atoms with van der Waals surface area (Å²) in [6.07, 6.45) is -0.600. The fraction of sp³-hybridized carbons (Fsp3) is 0.613. The van der Waals surface area contributed by atoms with E-state index in [1.165, 1.54) is 48.7 Å². The maximum absolute atomic E-state index is 14.4. The molecule has 0 aliphatic carbocycles. The second-order valence-electron chi connectivity index (χ2n) is 25.6. The zero-order valence-electron chi connectivity index (χ0n) is 53.9. The largest absolute Gasteiger partial charge is 0.467 e. The van der Waals surface area contributed by atoms with Gasteiger partial charge in [0.05, 0.1) is 13.7 Å². The third-order valence-corrected chi connectivity index (χ3v) is 14.0. The highest BCUT2D eigenvalue weighted by atomic mass is 16.6. The van der Waals surface area contributed by atoms with Gasteiger partial charge in [0, 0.05) is 17.5 Å². The van der Waals surface area contributed by atoms with Crippen molar-refractivity contribution in [1.82, 2.24) is 53.2 Å². The van der Waals surface area contributed by atoms with E-state index in [9.17, 15) is 57.5 Å². The minimum atomic E-state index is -1.77. The number of rotatable bonds is 30. The number of hydrogen-bond donors (Lipinski definition) is 10. The Hall–Kier alpha value is -7.92. The van der Waals surface area contributed by atoms with E-state index in [0.717, 1.165) is 0 Å². The number of ketones is 1. The molecule has 2 aromatic rings. The monoisotopic (exact) mass is 1200 g/mol. The van der Waals surface area contributed by atoms with Crippen LogP contribution < -0.4 is 53.2 Å². The Morgan fingerprint density at radius 2 is 0.872 bits per heavy atom. The zero-order chi connectivity index (χ0) is 66.0. The summed E-state index contributed by atoms with van der Waals surface area (Å²) in [5.74, 6) is -10.3. The summed E-state index contributed by atoms with van der Waals surface area (Å²) in [6, 6.07) is 7.63. The number of amides is 10. The lowest BCUT2D eigenvalue weighted by Crippen LogP contribution is -2.65. The molecule has 0 fully saturated rings. The molecule has 0 heterocycles. The van der Waals surface area contributed by atoms with Crippen molar-refractivity contribution in [1.29, 1.82) is 0 Å². The molecule has 10 N–H and O–H groups in total. The van der Waals surface area contributed by atoms with Crippen LogP contribution in [-0.2, 0) is 63.8 Å². The standard InChI is InChI=1S/C62H96N10O14/c1-21-37(10)47(67-51(77)44(34(4)5)66-52(78)45(35(6)7)68-56(82)60(14,15)70-42(73)32-63-50(76)43(33(2)3)69-58(84)86-59(11,12)13)54(80)71-61(16,17)55(81)64-41(31-38-27-29-40(30-28-38)48(74)39-25-23-22-24-26-39)49(75)65-46(36(8)9)53(79)72-62(18,19)57(83)85-20/h22-30,33-37,41,43-47H,21,31-32H2,1-20H3,(H,63,76)(H,64,81)(H,65,75)(H,66,78)(H,67,77)(H,68,82)(H,69,84)(H,70,73)(H,71,80)(H,72,79)/t37-,41+,43+,44+,45+,46+,47+/m0/s1. The van der Waals surface area contributed by atoms with Gasteiger partial charge in [-0.3, -0.25) is 47.9 Å². The van der Waals surface area contributed by atoms with Crippen molar-refractivity contribution in [3.05, 3.63) is 71.3 Å². The molecule has 0 saturated heterocycles. The Morgan fingerprint density at radius 3 is 1.36 bits per heavy atom. The maximum atomic E-state index is 14.4. The number of hydrogen-bond acceptors (Lipinski definition) is 14. The van der Waals surface area contributed by atoms with Gasteiger partial charge in [0.15, 0.2) is 5.78 Å². The Bertz CT molecular complexity index is 2740. The lowest BCUT2D eigenvalue weighted by Gasteiger charge is -2.33. The SMILES string of the molecule is CC[C@H](C)[C@@H](NC(=O)[C@H](NC(=O)[C@H](NC(=O)C(C)(C)NC(=O)CNC(=O)[C@H](NC(=O)OC(C)(C)C)C(C)C)C(C)C)C(C)C)C(=O)NC(C)(C)C(=O)N[C@H](Cc1ccc(C(=O)c2ccccc2)cc1)C(=O)N[C@@H](C(=O)NC(C)(C)C(=O)OC)C(C)C. The van der Waals surface area contributed by atoms with E-state index in [1.807, 2.05) is 0 Å². The van der Waals surface area contributed by atoms with Crippen molar-refractivity contribution in [3.63, 3.8) is 0 Å². The number of esters is 1. The van der Waals surface area contributed by atoms with Crippen LogP contribution >= 0.6 is 0 Å². The predicted molar refractivity (Wildman–Crippen MR) is 323 cm³/mol. The number of nitrogens with one attached hydrogen (secondary N) is 10. The molecule has 478 valence electrons. The van der Waals surface area contributed by atoms with Crippen LogP contribution in [0.2, 0.25) is 0 Å². The molecule has 0 aromatic heterocycles. The van der Waals surface area contributed by atoms with Crippen LogP contribution in [0.25, 0.3) is 0 Å². The molecule has 10 amide bonds. The fourth-order valence-electron chi connectivity index (χ4n) is 8.53. The van der Waals surface area contributed by atoms with Gasteiger partial charge >= 0.3 is 12.1 Å². The Kier molecular flexibility index (Phi) is 27.6. The molecule has 0 aliphatic rings. The average Bonchev–Trinajstić information content (AvgIpc) is 2.27. The minimum absolute atomic E-state index is 0.149. The third kappa shape index (κ3) is 22.8. The Morgan fingerprint density at radius 1 is 0.453 bits per heavy atom. The van der Waals surface area contributed by atoms with E-state index in [0.29, 0.717) is 23.1 Å². The molecular weight excluding hydrogens is 1110 g/mol. The normalized spacial score (nSPS) is 14.4. The number of alkyl carbamates (subject to hydrolysis) is 1. The Labute approximate surface area is 506 Å². The van der Waals surface area contributed by atoms with Crippen LogP contribution in [0, 0.1) is 29.6 Å². The van der Waals surface area contributed by atoms with Gasteiger partial charge in [-0.1, -0.05) is 130 Å². The molecule has 86 heavy (non-hydrogen) atoms. The van der Waals surface area contributed by atoms with E-state index in [-0.39, 0.29) is 18.1 Å². The van der Waals surface area contributed by atoms with Gasteiger partial charge in [0.25, 0.3) is 0 Å². The summed E-state index contributed by atoms with van der Waals surface area (Å²) < 4.78 is 10.1. The molecule has 0 saturated carbocycles. The zero-order valence-corrected chi connectivity index (χ0v) is 53.9. The van der Waals surface area contributed by atoms with E-state index in [4.69, 9.17) is 9.47 Å². The number of ether oxygens (including phenoxy) is 2. The highest BCUT2D eigenvalue weighted by Crippen LogP contribution is 2.18. The van der Waals surface area contributed by atoms with Crippen molar-refractivity contribution < 1.29 is 67.0 Å². The molecule has 2 aromatic carbocycles. The topological polar surface area (TPSA) is 344 Å². The summed E-state index contributed by atoms with van der Waals surface area (Å²) >= 11 is 0. The Balaban J connectivity index is 2.35. The van der Waals surface area contributed by atoms with E-state index < -0.39 is 154 Å². The summed E-state index contributed by atoms with van der Waals surface area (Å²) in [5, 5.41) is 26.5. The molecule has 7 atom stereocenters. The van der Waals surface area contributed by atoms with Crippen LogP contribution in [0.3, 0.4) is 0 Å². The lowest BCUT2D eigenvalue weighted by molar-refractivity contribution is -0.150. The first-order chi connectivity index (χ1) is 39.6. The second kappa shape index (κ2) is 32.0. The quantitative estimate of drug-likeness (QED) is 0.0396. The van der Waals surface area contributed by atoms with E-state index in [2.05, 4.69) is 53.2 Å². The molecule has 0 radical (unpaired) electrons. The molecule has 24 nitrogen and oxygen atoms in total. The fourth-order valence-corrected chi connectivity index (χ4v) is 8.53. The molecule has 0 aliphatic heterocycles. The smallest absolute Gasteiger partial charge is 0.408 e. The minimum Gasteiger partial charge on any atom is -0.467 e. The van der Waals surface area contributed by atoms with Crippen molar-refractivity contribution in [2.45, 2.75) is 203 Å². The molecule has 0 unspecified atom stereocenters. The molecule has 24 heteroatoms. The van der Waals surface area contributed by atoms with Crippen LogP contribution in [0.4, 0.5) is 4.79 Å². The number of carbonyl (C=O) groups excluding carboxylic acids is 12. The van der Waals surface area contributed by atoms with Gasteiger partial charge in [-0.15, -0.1) is 0 Å². The highest BCUT2D eigenvalue weighted by molar-refractivity contribution is 6.09. The summed E-state index contributed by atoms with van der Waals surface area (Å²) in [4.78, 5) is 163. The van der Waals surface area contributed by atoms with Crippen LogP contribution in [0.1, 0.15) is 159 Å². The van der Waals surface area contributed by atoms with Crippen LogP contribution in [0.15, 0.2) is 54.6 Å². The van der Waals surface area contributed by atoms with E-state index >= 15 is 0 Å². The number of carbonyl (C=O) groups is 12. The highest BCUT2D eigenvalue weighted by Gasteiger charge is 2.41. The molecular formula is C62H96N10O14. The van der Waals surface area contributed by atoms with Gasteiger partial charge in [-0.05, 0) is 97.5 Å². The van der Waals surface area contributed by atoms with Crippen molar-refractivity contribution >= 4 is 71.0 Å². The molecule has 0 bridgehead atoms. The van der Waals surface area contributed by atoms with Crippen LogP contribution in [0.5, 0.6) is 0 Å².